The Kier molecular flexibility index (Phi) is 13.6. The maximum atomic E-state index is 13.0. The summed E-state index contributed by atoms with van der Waals surface area (Å²) in [5.74, 6) is -4.09. The van der Waals surface area contributed by atoms with Crippen LogP contribution in [0.2, 0.25) is 0 Å². The van der Waals surface area contributed by atoms with E-state index in [0.717, 1.165) is 25.7 Å². The quantitative estimate of drug-likeness (QED) is 0.0698. The molecule has 45 heavy (non-hydrogen) atoms. The molecule has 10 nitrogen and oxygen atoms in total. The van der Waals surface area contributed by atoms with Crippen molar-refractivity contribution in [1.82, 2.24) is 0 Å². The first-order chi connectivity index (χ1) is 21.7. The molecule has 0 radical (unpaired) electrons. The number of unbranched alkanes of at least 4 members (excludes halogenated alkanes) is 2. The zero-order valence-corrected chi connectivity index (χ0v) is 25.2. The highest BCUT2D eigenvalue weighted by atomic mass is 19.1. The van der Waals surface area contributed by atoms with Gasteiger partial charge in [0.05, 0.1) is 24.3 Å². The third-order valence-electron chi connectivity index (χ3n) is 6.07. The van der Waals surface area contributed by atoms with E-state index in [4.69, 9.17) is 23.7 Å². The van der Waals surface area contributed by atoms with Crippen LogP contribution in [0.1, 0.15) is 70.6 Å². The number of halogens is 1. The molecule has 3 aromatic carbocycles. The van der Waals surface area contributed by atoms with Gasteiger partial charge in [0.1, 0.15) is 41.8 Å². The van der Waals surface area contributed by atoms with Gasteiger partial charge in [-0.15, -0.1) is 0 Å². The number of hydrogen-bond acceptors (Lipinski definition) is 10. The van der Waals surface area contributed by atoms with Gasteiger partial charge in [-0.3, -0.25) is 0 Å². The van der Waals surface area contributed by atoms with Crippen molar-refractivity contribution in [2.75, 3.05) is 26.4 Å². The third-order valence-corrected chi connectivity index (χ3v) is 6.07. The van der Waals surface area contributed by atoms with E-state index >= 15 is 0 Å². The summed E-state index contributed by atoms with van der Waals surface area (Å²) >= 11 is 0. The normalized spacial score (nSPS) is 10.4. The van der Waals surface area contributed by atoms with Crippen LogP contribution in [0.4, 0.5) is 4.39 Å². The molecule has 0 fully saturated rings. The van der Waals surface area contributed by atoms with Crippen molar-refractivity contribution in [3.63, 3.8) is 0 Å². The second-order valence-corrected chi connectivity index (χ2v) is 9.57. The second-order valence-electron chi connectivity index (χ2n) is 9.57. The van der Waals surface area contributed by atoms with Gasteiger partial charge in [0.25, 0.3) is 0 Å². The van der Waals surface area contributed by atoms with Gasteiger partial charge in [0, 0.05) is 0 Å². The Morgan fingerprint density at radius 3 is 1.62 bits per heavy atom. The Morgan fingerprint density at radius 2 is 1.11 bits per heavy atom. The fourth-order valence-electron chi connectivity index (χ4n) is 3.61. The summed E-state index contributed by atoms with van der Waals surface area (Å²) in [5, 5.41) is 0. The molecule has 11 heteroatoms. The fourth-order valence-corrected chi connectivity index (χ4v) is 3.61. The molecule has 3 rings (SSSR count). The first-order valence-electron chi connectivity index (χ1n) is 14.4. The van der Waals surface area contributed by atoms with Crippen molar-refractivity contribution in [3.8, 4) is 23.0 Å². The van der Waals surface area contributed by atoms with Crippen LogP contribution in [0.25, 0.3) is 0 Å². The van der Waals surface area contributed by atoms with Crippen molar-refractivity contribution in [3.05, 3.63) is 95.8 Å². The summed E-state index contributed by atoms with van der Waals surface area (Å²) in [6.07, 6.45) is 3.76. The first-order valence-corrected chi connectivity index (χ1v) is 14.4. The number of carbonyl (C=O) groups is 4. The minimum absolute atomic E-state index is 0.0382. The van der Waals surface area contributed by atoms with Gasteiger partial charge in [-0.05, 0) is 79.6 Å². The summed E-state index contributed by atoms with van der Waals surface area (Å²) in [6.45, 7) is 7.13. The van der Waals surface area contributed by atoms with Crippen LogP contribution < -0.4 is 18.9 Å². The SMILES string of the molecule is C=C(F)C(=O)OCCOC(=O)c1cc(OC(=O)c2ccc(OCCCC)cc2)ccc1OC(=O)c1ccc(OCCCC)cc1. The lowest BCUT2D eigenvalue weighted by Gasteiger charge is -2.13. The van der Waals surface area contributed by atoms with Gasteiger partial charge in [-0.1, -0.05) is 33.3 Å². The molecular weight excluding hydrogens is 587 g/mol. The molecule has 3 aromatic rings. The molecule has 0 aliphatic carbocycles. The number of hydrogen-bond donors (Lipinski definition) is 0. The lowest BCUT2D eigenvalue weighted by atomic mass is 10.1. The van der Waals surface area contributed by atoms with E-state index in [1.165, 1.54) is 30.3 Å². The lowest BCUT2D eigenvalue weighted by molar-refractivity contribution is -0.141. The summed E-state index contributed by atoms with van der Waals surface area (Å²) in [5.41, 5.74) is 0.165. The smallest absolute Gasteiger partial charge is 0.366 e. The number of esters is 4. The van der Waals surface area contributed by atoms with Crippen molar-refractivity contribution < 1.29 is 52.0 Å². The highest BCUT2D eigenvalue weighted by molar-refractivity contribution is 5.97. The van der Waals surface area contributed by atoms with E-state index in [2.05, 4.69) is 18.2 Å². The first kappa shape index (κ1) is 34.3. The Labute approximate surface area is 260 Å². The zero-order chi connectivity index (χ0) is 32.6. The van der Waals surface area contributed by atoms with E-state index in [1.54, 1.807) is 36.4 Å². The summed E-state index contributed by atoms with van der Waals surface area (Å²) in [7, 11) is 0. The average molecular weight is 623 g/mol. The van der Waals surface area contributed by atoms with Crippen molar-refractivity contribution >= 4 is 23.9 Å². The van der Waals surface area contributed by atoms with Gasteiger partial charge in [0.15, 0.2) is 0 Å². The molecule has 0 N–H and O–H groups in total. The molecule has 0 aliphatic heterocycles. The summed E-state index contributed by atoms with van der Waals surface area (Å²) in [4.78, 5) is 49.9. The molecule has 0 heterocycles. The van der Waals surface area contributed by atoms with Gasteiger partial charge < -0.3 is 28.4 Å². The van der Waals surface area contributed by atoms with E-state index in [9.17, 15) is 23.6 Å². The van der Waals surface area contributed by atoms with Crippen LogP contribution in [0.3, 0.4) is 0 Å². The predicted molar refractivity (Wildman–Crippen MR) is 162 cm³/mol. The average Bonchev–Trinajstić information content (AvgIpc) is 3.04. The van der Waals surface area contributed by atoms with Gasteiger partial charge in [-0.25, -0.2) is 19.2 Å². The maximum absolute atomic E-state index is 13.0. The monoisotopic (exact) mass is 622 g/mol. The number of ether oxygens (including phenoxy) is 6. The van der Waals surface area contributed by atoms with Crippen molar-refractivity contribution in [1.29, 1.82) is 0 Å². The van der Waals surface area contributed by atoms with Crippen LogP contribution in [0.15, 0.2) is 79.1 Å². The molecule has 0 amide bonds. The van der Waals surface area contributed by atoms with Crippen LogP contribution in [0.5, 0.6) is 23.0 Å². The van der Waals surface area contributed by atoms with Gasteiger partial charge in [0.2, 0.25) is 5.83 Å². The van der Waals surface area contributed by atoms with Crippen LogP contribution in [-0.4, -0.2) is 50.3 Å². The standard InChI is InChI=1S/C34H35FO10/c1-4-6-18-40-26-12-8-24(9-13-26)32(37)44-28-16-17-30(29(22-28)34(39)43-21-20-42-31(36)23(3)35)45-33(38)25-10-14-27(15-11-25)41-19-7-5-2/h8-17,22H,3-7,18-21H2,1-2H3. The maximum Gasteiger partial charge on any atom is 0.366 e. The van der Waals surface area contributed by atoms with Crippen LogP contribution in [-0.2, 0) is 14.3 Å². The Morgan fingerprint density at radius 1 is 0.622 bits per heavy atom. The van der Waals surface area contributed by atoms with E-state index in [-0.39, 0.29) is 28.2 Å². The van der Waals surface area contributed by atoms with Crippen LogP contribution >= 0.6 is 0 Å². The van der Waals surface area contributed by atoms with E-state index < -0.39 is 42.9 Å². The molecule has 0 aromatic heterocycles. The van der Waals surface area contributed by atoms with Crippen LogP contribution in [0, 0.1) is 0 Å². The minimum Gasteiger partial charge on any atom is -0.494 e. The summed E-state index contributed by atoms with van der Waals surface area (Å²) < 4.78 is 44.7. The molecule has 0 unspecified atom stereocenters. The van der Waals surface area contributed by atoms with Gasteiger partial charge >= 0.3 is 23.9 Å². The molecule has 0 atom stereocenters. The Hall–Kier alpha value is -5.19. The summed E-state index contributed by atoms with van der Waals surface area (Å²) in [6, 6.07) is 16.5. The number of carbonyl (C=O) groups excluding carboxylic acids is 4. The van der Waals surface area contributed by atoms with Gasteiger partial charge in [-0.2, -0.15) is 4.39 Å². The number of rotatable bonds is 17. The number of benzene rings is 3. The minimum atomic E-state index is -1.30. The molecule has 0 aliphatic rings. The van der Waals surface area contributed by atoms with E-state index in [0.29, 0.717) is 24.7 Å². The predicted octanol–water partition coefficient (Wildman–Crippen LogP) is 6.67. The van der Waals surface area contributed by atoms with Crippen molar-refractivity contribution in [2.45, 2.75) is 39.5 Å². The molecule has 0 spiro atoms. The Bertz CT molecular complexity index is 1470. The molecule has 0 bridgehead atoms. The molecule has 0 saturated heterocycles. The van der Waals surface area contributed by atoms with Crippen molar-refractivity contribution in [2.24, 2.45) is 0 Å². The second kappa shape index (κ2) is 17.8. The highest BCUT2D eigenvalue weighted by Gasteiger charge is 2.21. The molecule has 238 valence electrons. The third kappa shape index (κ3) is 11.1. The largest absolute Gasteiger partial charge is 0.494 e. The Balaban J connectivity index is 1.75. The zero-order valence-electron chi connectivity index (χ0n) is 25.2. The highest BCUT2D eigenvalue weighted by Crippen LogP contribution is 2.27. The fraction of sp³-hybridized carbons (Fsp3) is 0.294. The lowest BCUT2D eigenvalue weighted by Crippen LogP contribution is -2.17. The van der Waals surface area contributed by atoms with E-state index in [1.807, 2.05) is 6.92 Å². The molecule has 0 saturated carbocycles. The molecular formula is C34H35FO10. The topological polar surface area (TPSA) is 124 Å².